The van der Waals surface area contributed by atoms with Crippen molar-refractivity contribution in [3.63, 3.8) is 0 Å². The Morgan fingerprint density at radius 3 is 2.26 bits per heavy atom. The lowest BCUT2D eigenvalue weighted by molar-refractivity contribution is -0.125. The van der Waals surface area contributed by atoms with Gasteiger partial charge in [0.15, 0.2) is 0 Å². The number of nitrogens with zero attached hydrogens (tertiary/aromatic N) is 2. The summed E-state index contributed by atoms with van der Waals surface area (Å²) >= 11 is 0. The average molecular weight is 461 g/mol. The average Bonchev–Trinajstić information content (AvgIpc) is 3.35. The maximum absolute atomic E-state index is 12.5. The van der Waals surface area contributed by atoms with Crippen LogP contribution in [0.4, 0.5) is 16.2 Å². The monoisotopic (exact) mass is 461 g/mol. The van der Waals surface area contributed by atoms with Crippen LogP contribution in [0.15, 0.2) is 59.0 Å². The van der Waals surface area contributed by atoms with E-state index in [9.17, 15) is 19.2 Å². The van der Waals surface area contributed by atoms with Crippen molar-refractivity contribution in [1.29, 1.82) is 0 Å². The number of oxazole rings is 1. The number of amides is 5. The summed E-state index contributed by atoms with van der Waals surface area (Å²) in [6, 6.07) is 15.6. The lowest BCUT2D eigenvalue weighted by Gasteiger charge is -2.12. The van der Waals surface area contributed by atoms with E-state index in [4.69, 9.17) is 4.42 Å². The first-order valence-corrected chi connectivity index (χ1v) is 10.7. The fraction of sp³-hybridized carbons (Fsp3) is 0.208. The Balaban J connectivity index is 1.27. The highest BCUT2D eigenvalue weighted by Gasteiger charge is 2.28. The predicted molar refractivity (Wildman–Crippen MR) is 124 cm³/mol. The van der Waals surface area contributed by atoms with E-state index in [1.165, 1.54) is 0 Å². The molecule has 0 unspecified atom stereocenters. The van der Waals surface area contributed by atoms with Crippen LogP contribution in [-0.4, -0.2) is 46.7 Å². The molecule has 0 radical (unpaired) electrons. The van der Waals surface area contributed by atoms with Gasteiger partial charge in [0.1, 0.15) is 5.76 Å². The molecule has 10 heteroatoms. The van der Waals surface area contributed by atoms with Crippen LogP contribution in [0, 0.1) is 6.92 Å². The smallest absolute Gasteiger partial charge is 0.324 e. The van der Waals surface area contributed by atoms with Crippen molar-refractivity contribution in [2.24, 2.45) is 0 Å². The Morgan fingerprint density at radius 2 is 1.65 bits per heavy atom. The first kappa shape index (κ1) is 22.7. The van der Waals surface area contributed by atoms with Crippen molar-refractivity contribution in [1.82, 2.24) is 15.2 Å². The Bertz CT molecular complexity index is 1200. The lowest BCUT2D eigenvalue weighted by atomic mass is 10.2. The number of hydrogen-bond acceptors (Lipinski definition) is 6. The Hall–Kier alpha value is -4.47. The molecule has 5 amide bonds. The minimum atomic E-state index is -0.491. The molecule has 1 aromatic heterocycles. The number of aryl methyl sites for hydroxylation is 1. The molecule has 0 bridgehead atoms. The maximum atomic E-state index is 12.5. The van der Waals surface area contributed by atoms with Gasteiger partial charge in [0.05, 0.1) is 18.7 Å². The molecule has 1 fully saturated rings. The van der Waals surface area contributed by atoms with Crippen LogP contribution < -0.4 is 16.0 Å². The molecule has 2 heterocycles. The summed E-state index contributed by atoms with van der Waals surface area (Å²) in [5, 5.41) is 7.90. The van der Waals surface area contributed by atoms with Gasteiger partial charge in [-0.25, -0.2) is 9.78 Å². The van der Waals surface area contributed by atoms with Crippen LogP contribution >= 0.6 is 0 Å². The fourth-order valence-electron chi connectivity index (χ4n) is 3.41. The van der Waals surface area contributed by atoms with Gasteiger partial charge < -0.3 is 20.4 Å². The minimum absolute atomic E-state index is 0.0120. The topological polar surface area (TPSA) is 134 Å². The van der Waals surface area contributed by atoms with E-state index in [0.29, 0.717) is 28.7 Å². The number of urea groups is 1. The molecule has 0 aliphatic carbocycles. The van der Waals surface area contributed by atoms with Gasteiger partial charge in [-0.05, 0) is 43.3 Å². The standard InChI is InChI=1S/C24H23N5O5/c1-15-19(28-23(34-15)16-5-3-2-4-6-16)13-21(31)27-18-9-7-17(8-10-18)26-20(30)11-12-29-22(32)14-25-24(29)33/h2-10H,11-14H2,1H3,(H,25,33)(H,26,30)(H,27,31). The number of benzene rings is 2. The van der Waals surface area contributed by atoms with Crippen LogP contribution in [0.1, 0.15) is 17.9 Å². The third-order valence-electron chi connectivity index (χ3n) is 5.19. The molecule has 0 saturated carbocycles. The van der Waals surface area contributed by atoms with Crippen LogP contribution in [0.2, 0.25) is 0 Å². The van der Waals surface area contributed by atoms with E-state index in [2.05, 4.69) is 20.9 Å². The van der Waals surface area contributed by atoms with E-state index >= 15 is 0 Å². The number of rotatable bonds is 8. The van der Waals surface area contributed by atoms with Gasteiger partial charge in [0.25, 0.3) is 0 Å². The highest BCUT2D eigenvalue weighted by molar-refractivity contribution is 6.02. The van der Waals surface area contributed by atoms with Gasteiger partial charge in [-0.3, -0.25) is 19.3 Å². The predicted octanol–water partition coefficient (Wildman–Crippen LogP) is 2.71. The molecule has 0 spiro atoms. The second-order valence-electron chi connectivity index (χ2n) is 7.69. The highest BCUT2D eigenvalue weighted by atomic mass is 16.4. The Kier molecular flexibility index (Phi) is 6.67. The fourth-order valence-corrected chi connectivity index (χ4v) is 3.41. The van der Waals surface area contributed by atoms with E-state index in [1.807, 2.05) is 30.3 Å². The summed E-state index contributed by atoms with van der Waals surface area (Å²) in [4.78, 5) is 53.1. The van der Waals surface area contributed by atoms with Crippen molar-refractivity contribution >= 4 is 35.1 Å². The highest BCUT2D eigenvalue weighted by Crippen LogP contribution is 2.22. The zero-order valence-electron chi connectivity index (χ0n) is 18.5. The van der Waals surface area contributed by atoms with Gasteiger partial charge >= 0.3 is 6.03 Å². The van der Waals surface area contributed by atoms with Gasteiger partial charge in [-0.2, -0.15) is 0 Å². The van der Waals surface area contributed by atoms with Gasteiger partial charge in [0, 0.05) is 29.9 Å². The number of hydrogen-bond donors (Lipinski definition) is 3. The second-order valence-corrected chi connectivity index (χ2v) is 7.69. The number of carbonyl (C=O) groups is 4. The van der Waals surface area contributed by atoms with Gasteiger partial charge in [-0.1, -0.05) is 18.2 Å². The SMILES string of the molecule is Cc1oc(-c2ccccc2)nc1CC(=O)Nc1ccc(NC(=O)CCN2C(=O)CNC2=O)cc1. The first-order chi connectivity index (χ1) is 16.4. The molecule has 3 N–H and O–H groups in total. The molecule has 10 nitrogen and oxygen atoms in total. The molecule has 174 valence electrons. The molecule has 3 aromatic rings. The van der Waals surface area contributed by atoms with Crippen molar-refractivity contribution in [2.45, 2.75) is 19.8 Å². The molecule has 1 aliphatic heterocycles. The van der Waals surface area contributed by atoms with Crippen molar-refractivity contribution in [3.8, 4) is 11.5 Å². The quantitative estimate of drug-likeness (QED) is 0.442. The Labute approximate surface area is 195 Å². The van der Waals surface area contributed by atoms with E-state index in [-0.39, 0.29) is 43.7 Å². The third-order valence-corrected chi connectivity index (χ3v) is 5.19. The number of carbonyl (C=O) groups excluding carboxylic acids is 4. The summed E-state index contributed by atoms with van der Waals surface area (Å²) in [6.45, 7) is 1.74. The summed E-state index contributed by atoms with van der Waals surface area (Å²) in [5.41, 5.74) is 2.49. The number of anilines is 2. The normalized spacial score (nSPS) is 13.0. The maximum Gasteiger partial charge on any atom is 0.324 e. The summed E-state index contributed by atoms with van der Waals surface area (Å²) < 4.78 is 5.69. The minimum Gasteiger partial charge on any atom is -0.441 e. The van der Waals surface area contributed by atoms with Crippen LogP contribution in [0.5, 0.6) is 0 Å². The number of aromatic nitrogens is 1. The summed E-state index contributed by atoms with van der Waals surface area (Å²) in [6.07, 6.45) is 0.0448. The molecule has 34 heavy (non-hydrogen) atoms. The Morgan fingerprint density at radius 1 is 1.00 bits per heavy atom. The van der Waals surface area contributed by atoms with E-state index in [0.717, 1.165) is 10.5 Å². The van der Waals surface area contributed by atoms with Crippen LogP contribution in [0.25, 0.3) is 11.5 Å². The van der Waals surface area contributed by atoms with Gasteiger partial charge in [-0.15, -0.1) is 0 Å². The summed E-state index contributed by atoms with van der Waals surface area (Å²) in [5.74, 6) is 0.118. The molecule has 1 saturated heterocycles. The van der Waals surface area contributed by atoms with Crippen molar-refractivity contribution < 1.29 is 23.6 Å². The largest absolute Gasteiger partial charge is 0.441 e. The van der Waals surface area contributed by atoms with Crippen LogP contribution in [0.3, 0.4) is 0 Å². The van der Waals surface area contributed by atoms with E-state index in [1.54, 1.807) is 31.2 Å². The lowest BCUT2D eigenvalue weighted by Crippen LogP contribution is -2.33. The van der Waals surface area contributed by atoms with Crippen LogP contribution in [-0.2, 0) is 20.8 Å². The zero-order chi connectivity index (χ0) is 24.1. The van der Waals surface area contributed by atoms with Crippen molar-refractivity contribution in [3.05, 3.63) is 66.1 Å². The van der Waals surface area contributed by atoms with Gasteiger partial charge in [0.2, 0.25) is 23.6 Å². The number of nitrogens with one attached hydrogen (secondary N) is 3. The molecule has 4 rings (SSSR count). The van der Waals surface area contributed by atoms with Crippen molar-refractivity contribution in [2.75, 3.05) is 23.7 Å². The van der Waals surface area contributed by atoms with E-state index < -0.39 is 6.03 Å². The molecular weight excluding hydrogens is 438 g/mol. The molecule has 0 atom stereocenters. The third kappa shape index (κ3) is 5.47. The number of imide groups is 1. The molecular formula is C24H23N5O5. The zero-order valence-corrected chi connectivity index (χ0v) is 18.5. The molecule has 1 aliphatic rings. The molecule has 2 aromatic carbocycles. The second kappa shape index (κ2) is 9.99. The summed E-state index contributed by atoms with van der Waals surface area (Å²) in [7, 11) is 0. The first-order valence-electron chi connectivity index (χ1n) is 10.7.